The van der Waals surface area contributed by atoms with E-state index in [9.17, 15) is 13.2 Å². The zero-order valence-electron chi connectivity index (χ0n) is 11.6. The molecule has 6 nitrogen and oxygen atoms in total. The van der Waals surface area contributed by atoms with Crippen molar-refractivity contribution in [1.82, 2.24) is 0 Å². The van der Waals surface area contributed by atoms with E-state index in [2.05, 4.69) is 4.99 Å². The van der Waals surface area contributed by atoms with E-state index >= 15 is 0 Å². The second-order valence-corrected chi connectivity index (χ2v) is 7.34. The summed E-state index contributed by atoms with van der Waals surface area (Å²) in [5, 5.41) is 0. The second kappa shape index (κ2) is 4.86. The molecule has 0 N–H and O–H groups in total. The molecule has 2 aliphatic rings. The van der Waals surface area contributed by atoms with Gasteiger partial charge in [-0.15, -0.1) is 0 Å². The normalized spacial score (nSPS) is 19.3. The van der Waals surface area contributed by atoms with Gasteiger partial charge in [-0.2, -0.15) is 4.99 Å². The van der Waals surface area contributed by atoms with Crippen LogP contribution < -0.4 is 9.47 Å². The molecule has 21 heavy (non-hydrogen) atoms. The first-order valence-corrected chi connectivity index (χ1v) is 8.59. The van der Waals surface area contributed by atoms with Crippen LogP contribution in [0.4, 0.5) is 0 Å². The highest BCUT2D eigenvalue weighted by molar-refractivity contribution is 7.90. The fourth-order valence-electron chi connectivity index (χ4n) is 2.78. The van der Waals surface area contributed by atoms with Gasteiger partial charge in [0.2, 0.25) is 6.08 Å². The molecular formula is C14H15NO5S. The Balaban J connectivity index is 2.25. The van der Waals surface area contributed by atoms with Gasteiger partial charge >= 0.3 is 0 Å². The Morgan fingerprint density at radius 3 is 2.29 bits per heavy atom. The molecule has 0 unspecified atom stereocenters. The first-order chi connectivity index (χ1) is 9.96. The van der Waals surface area contributed by atoms with Crippen LogP contribution in [0.2, 0.25) is 0 Å². The van der Waals surface area contributed by atoms with Gasteiger partial charge in [-0.25, -0.2) is 13.2 Å². The SMILES string of the molecule is CS(=O)(=O)c1cc2c(cc1C1(N=C=O)CCC1)OCCO2. The van der Waals surface area contributed by atoms with Crippen LogP contribution in [0.3, 0.4) is 0 Å². The standard InChI is InChI=1S/C14H15NO5S/c1-21(17,18)13-8-12-11(19-5-6-20-12)7-10(13)14(15-9-16)3-2-4-14/h7-8H,2-6H2,1H3. The molecule has 0 spiro atoms. The third kappa shape index (κ3) is 2.32. The average molecular weight is 309 g/mol. The van der Waals surface area contributed by atoms with Gasteiger partial charge in [-0.1, -0.05) is 0 Å². The Morgan fingerprint density at radius 2 is 1.81 bits per heavy atom. The van der Waals surface area contributed by atoms with Crippen molar-refractivity contribution in [3.8, 4) is 11.5 Å². The molecule has 1 aromatic rings. The smallest absolute Gasteiger partial charge is 0.235 e. The van der Waals surface area contributed by atoms with Crippen LogP contribution in [0.1, 0.15) is 24.8 Å². The van der Waals surface area contributed by atoms with E-state index in [1.54, 1.807) is 12.1 Å². The minimum Gasteiger partial charge on any atom is -0.486 e. The van der Waals surface area contributed by atoms with Crippen molar-refractivity contribution in [3.05, 3.63) is 17.7 Å². The van der Waals surface area contributed by atoms with E-state index < -0.39 is 15.4 Å². The third-order valence-corrected chi connectivity index (χ3v) is 5.12. The number of sulfone groups is 1. The number of carbonyl (C=O) groups excluding carboxylic acids is 1. The van der Waals surface area contributed by atoms with Crippen LogP contribution >= 0.6 is 0 Å². The molecule has 3 rings (SSSR count). The summed E-state index contributed by atoms with van der Waals surface area (Å²) in [7, 11) is -3.47. The van der Waals surface area contributed by atoms with E-state index in [0.717, 1.165) is 12.7 Å². The maximum Gasteiger partial charge on any atom is 0.235 e. The number of aliphatic imine (C=N–C) groups is 1. The zero-order chi connectivity index (χ0) is 15.1. The van der Waals surface area contributed by atoms with Crippen LogP contribution in [0.25, 0.3) is 0 Å². The highest BCUT2D eigenvalue weighted by Crippen LogP contribution is 2.49. The summed E-state index contributed by atoms with van der Waals surface area (Å²) in [5.41, 5.74) is -0.292. The average Bonchev–Trinajstić information content (AvgIpc) is 2.40. The van der Waals surface area contributed by atoms with Crippen LogP contribution in [-0.2, 0) is 20.2 Å². The first-order valence-electron chi connectivity index (χ1n) is 6.69. The quantitative estimate of drug-likeness (QED) is 0.625. The molecule has 1 fully saturated rings. The summed E-state index contributed by atoms with van der Waals surface area (Å²) in [4.78, 5) is 14.8. The maximum absolute atomic E-state index is 12.1. The van der Waals surface area contributed by atoms with Gasteiger partial charge in [0.15, 0.2) is 21.3 Å². The minimum atomic E-state index is -3.47. The minimum absolute atomic E-state index is 0.144. The van der Waals surface area contributed by atoms with Gasteiger partial charge in [0.25, 0.3) is 0 Å². The topological polar surface area (TPSA) is 82.0 Å². The number of hydrogen-bond acceptors (Lipinski definition) is 6. The number of hydrogen-bond donors (Lipinski definition) is 0. The van der Waals surface area contributed by atoms with Crippen molar-refractivity contribution in [2.45, 2.75) is 29.7 Å². The summed E-state index contributed by atoms with van der Waals surface area (Å²) < 4.78 is 35.1. The number of isocyanates is 1. The fourth-order valence-corrected chi connectivity index (χ4v) is 3.75. The predicted molar refractivity (Wildman–Crippen MR) is 74.2 cm³/mol. The molecule has 1 aliphatic heterocycles. The van der Waals surface area contributed by atoms with Crippen LogP contribution in [0.15, 0.2) is 22.0 Å². The van der Waals surface area contributed by atoms with Crippen molar-refractivity contribution in [3.63, 3.8) is 0 Å². The Morgan fingerprint density at radius 1 is 1.19 bits per heavy atom. The van der Waals surface area contributed by atoms with Crippen LogP contribution in [-0.4, -0.2) is 34.0 Å². The summed E-state index contributed by atoms with van der Waals surface area (Å²) in [6, 6.07) is 3.12. The van der Waals surface area contributed by atoms with E-state index in [1.807, 2.05) is 0 Å². The first kappa shape index (κ1) is 14.1. The largest absolute Gasteiger partial charge is 0.486 e. The number of rotatable bonds is 3. The molecular weight excluding hydrogens is 294 g/mol. The van der Waals surface area contributed by atoms with E-state index in [4.69, 9.17) is 9.47 Å². The number of benzene rings is 1. The second-order valence-electron chi connectivity index (χ2n) is 5.35. The van der Waals surface area contributed by atoms with Gasteiger partial charge in [-0.3, -0.25) is 0 Å². The molecule has 1 heterocycles. The van der Waals surface area contributed by atoms with Gasteiger partial charge in [-0.05, 0) is 25.3 Å². The third-order valence-electron chi connectivity index (χ3n) is 3.99. The Labute approximate surface area is 122 Å². The molecule has 0 bridgehead atoms. The molecule has 1 aromatic carbocycles. The van der Waals surface area contributed by atoms with Crippen LogP contribution in [0, 0.1) is 0 Å². The Bertz CT molecular complexity index is 730. The van der Waals surface area contributed by atoms with Crippen molar-refractivity contribution >= 4 is 15.9 Å². The van der Waals surface area contributed by atoms with Crippen molar-refractivity contribution in [1.29, 1.82) is 0 Å². The molecule has 1 saturated carbocycles. The zero-order valence-corrected chi connectivity index (χ0v) is 12.4. The van der Waals surface area contributed by atoms with Crippen molar-refractivity contribution < 1.29 is 22.7 Å². The lowest BCUT2D eigenvalue weighted by Gasteiger charge is -2.38. The molecule has 0 saturated heterocycles. The molecule has 112 valence electrons. The van der Waals surface area contributed by atoms with E-state index in [1.165, 1.54) is 6.07 Å². The number of fused-ring (bicyclic) bond motifs is 1. The number of nitrogens with zero attached hydrogens (tertiary/aromatic N) is 1. The lowest BCUT2D eigenvalue weighted by Crippen LogP contribution is -2.34. The van der Waals surface area contributed by atoms with E-state index in [0.29, 0.717) is 43.1 Å². The lowest BCUT2D eigenvalue weighted by atomic mass is 9.72. The van der Waals surface area contributed by atoms with Gasteiger partial charge in [0, 0.05) is 17.9 Å². The molecule has 0 amide bonds. The van der Waals surface area contributed by atoms with Crippen molar-refractivity contribution in [2.75, 3.05) is 19.5 Å². The summed E-state index contributed by atoms with van der Waals surface area (Å²) in [6.07, 6.45) is 4.86. The monoisotopic (exact) mass is 309 g/mol. The number of ether oxygens (including phenoxy) is 2. The van der Waals surface area contributed by atoms with Gasteiger partial charge in [0.05, 0.1) is 10.4 Å². The van der Waals surface area contributed by atoms with Gasteiger partial charge in [0.1, 0.15) is 13.2 Å². The highest BCUT2D eigenvalue weighted by Gasteiger charge is 2.43. The lowest BCUT2D eigenvalue weighted by molar-refractivity contribution is 0.169. The Kier molecular flexibility index (Phi) is 3.26. The molecule has 1 aliphatic carbocycles. The predicted octanol–water partition coefficient (Wildman–Crippen LogP) is 1.58. The Hall–Kier alpha value is -1.85. The highest BCUT2D eigenvalue weighted by atomic mass is 32.2. The molecule has 7 heteroatoms. The van der Waals surface area contributed by atoms with Crippen LogP contribution in [0.5, 0.6) is 11.5 Å². The molecule has 0 atom stereocenters. The van der Waals surface area contributed by atoms with Crippen molar-refractivity contribution in [2.24, 2.45) is 4.99 Å². The molecule has 0 aromatic heterocycles. The van der Waals surface area contributed by atoms with Gasteiger partial charge < -0.3 is 9.47 Å². The fraction of sp³-hybridized carbons (Fsp3) is 0.500. The summed E-state index contributed by atoms with van der Waals surface area (Å²) >= 11 is 0. The summed E-state index contributed by atoms with van der Waals surface area (Å²) in [5.74, 6) is 0.908. The molecule has 0 radical (unpaired) electrons. The van der Waals surface area contributed by atoms with E-state index in [-0.39, 0.29) is 4.90 Å². The maximum atomic E-state index is 12.1. The summed E-state index contributed by atoms with van der Waals surface area (Å²) in [6.45, 7) is 0.793.